The summed E-state index contributed by atoms with van der Waals surface area (Å²) in [5.41, 5.74) is 18.7. The summed E-state index contributed by atoms with van der Waals surface area (Å²) in [5.74, 6) is -1.42. The second kappa shape index (κ2) is 4.56. The molecule has 16 heavy (non-hydrogen) atoms. The van der Waals surface area contributed by atoms with E-state index in [0.717, 1.165) is 5.69 Å². The normalized spacial score (nSPS) is 11.1. The van der Waals surface area contributed by atoms with E-state index in [1.807, 2.05) is 32.9 Å². The summed E-state index contributed by atoms with van der Waals surface area (Å²) in [6, 6.07) is 3.69. The molecule has 0 unspecified atom stereocenters. The Hall–Kier alpha value is -1.50. The van der Waals surface area contributed by atoms with Gasteiger partial charge in [0.05, 0.1) is 11.9 Å². The van der Waals surface area contributed by atoms with Crippen LogP contribution in [0, 0.1) is 6.92 Å². The first-order valence-corrected chi connectivity index (χ1v) is 5.17. The molecule has 88 valence electrons. The minimum atomic E-state index is -1.42. The van der Waals surface area contributed by atoms with Crippen LogP contribution in [-0.2, 0) is 5.79 Å². The monoisotopic (exact) mass is 222 g/mol. The van der Waals surface area contributed by atoms with Gasteiger partial charge < -0.3 is 0 Å². The molecule has 2 heterocycles. The zero-order valence-electron chi connectivity index (χ0n) is 9.81. The van der Waals surface area contributed by atoms with E-state index in [1.54, 1.807) is 4.52 Å². The van der Waals surface area contributed by atoms with Gasteiger partial charge in [-0.1, -0.05) is 13.8 Å². The molecule has 0 radical (unpaired) electrons. The molecule has 2 rings (SSSR count). The maximum Gasteiger partial charge on any atom is 0.162 e. The van der Waals surface area contributed by atoms with Crippen molar-refractivity contribution in [2.75, 3.05) is 0 Å². The van der Waals surface area contributed by atoms with Crippen molar-refractivity contribution >= 4 is 5.65 Å². The topological polar surface area (TPSA) is 108 Å². The lowest BCUT2D eigenvalue weighted by molar-refractivity contribution is 0.460. The van der Waals surface area contributed by atoms with Gasteiger partial charge in [-0.15, -0.1) is 0 Å². The molecule has 2 aromatic heterocycles. The first kappa shape index (κ1) is 12.6. The summed E-state index contributed by atoms with van der Waals surface area (Å²) in [6.45, 7) is 5.87. The number of aromatic nitrogens is 3. The smallest absolute Gasteiger partial charge is 0.162 e. The van der Waals surface area contributed by atoms with Gasteiger partial charge in [-0.2, -0.15) is 5.10 Å². The SMILES string of the molecule is CC.Cc1ccc2ncc(C(N)(N)N)n2n1. The summed E-state index contributed by atoms with van der Waals surface area (Å²) in [4.78, 5) is 4.09. The summed E-state index contributed by atoms with van der Waals surface area (Å²) < 4.78 is 1.55. The molecule has 2 aromatic rings. The molecular weight excluding hydrogens is 204 g/mol. The summed E-state index contributed by atoms with van der Waals surface area (Å²) in [7, 11) is 0. The van der Waals surface area contributed by atoms with Crippen LogP contribution < -0.4 is 17.2 Å². The number of hydrogen-bond donors (Lipinski definition) is 3. The third-order valence-electron chi connectivity index (χ3n) is 1.94. The number of hydrogen-bond acceptors (Lipinski definition) is 5. The molecular formula is C10H18N6. The van der Waals surface area contributed by atoms with Crippen LogP contribution in [0.5, 0.6) is 0 Å². The fourth-order valence-electron chi connectivity index (χ4n) is 1.26. The van der Waals surface area contributed by atoms with E-state index in [1.165, 1.54) is 6.20 Å². The predicted octanol–water partition coefficient (Wildman–Crippen LogP) is 0.0503. The number of rotatable bonds is 1. The highest BCUT2D eigenvalue weighted by atomic mass is 15.3. The van der Waals surface area contributed by atoms with E-state index in [2.05, 4.69) is 10.1 Å². The Morgan fingerprint density at radius 3 is 2.38 bits per heavy atom. The fraction of sp³-hybridized carbons (Fsp3) is 0.400. The van der Waals surface area contributed by atoms with Gasteiger partial charge in [0, 0.05) is 0 Å². The molecule has 0 atom stereocenters. The molecule has 6 N–H and O–H groups in total. The third-order valence-corrected chi connectivity index (χ3v) is 1.94. The number of nitrogens with zero attached hydrogens (tertiary/aromatic N) is 3. The Morgan fingerprint density at radius 1 is 1.19 bits per heavy atom. The van der Waals surface area contributed by atoms with Crippen LogP contribution >= 0.6 is 0 Å². The van der Waals surface area contributed by atoms with Gasteiger partial charge in [-0.05, 0) is 19.1 Å². The Labute approximate surface area is 94.4 Å². The van der Waals surface area contributed by atoms with Crippen molar-refractivity contribution in [3.8, 4) is 0 Å². The van der Waals surface area contributed by atoms with Crippen molar-refractivity contribution in [1.82, 2.24) is 14.6 Å². The van der Waals surface area contributed by atoms with Gasteiger partial charge in [0.25, 0.3) is 0 Å². The lowest BCUT2D eigenvalue weighted by Gasteiger charge is -2.16. The molecule has 6 nitrogen and oxygen atoms in total. The van der Waals surface area contributed by atoms with Gasteiger partial charge in [-0.3, -0.25) is 17.2 Å². The Bertz CT molecular complexity index is 468. The third kappa shape index (κ3) is 2.35. The summed E-state index contributed by atoms with van der Waals surface area (Å²) >= 11 is 0. The maximum absolute atomic E-state index is 5.57. The van der Waals surface area contributed by atoms with Crippen LogP contribution in [0.1, 0.15) is 25.2 Å². The van der Waals surface area contributed by atoms with Crippen LogP contribution in [0.2, 0.25) is 0 Å². The van der Waals surface area contributed by atoms with E-state index in [-0.39, 0.29) is 0 Å². The minimum absolute atomic E-state index is 0.483. The van der Waals surface area contributed by atoms with E-state index in [4.69, 9.17) is 17.2 Å². The quantitative estimate of drug-likeness (QED) is 0.591. The van der Waals surface area contributed by atoms with E-state index in [0.29, 0.717) is 11.3 Å². The largest absolute Gasteiger partial charge is 0.296 e. The maximum atomic E-state index is 5.57. The molecule has 0 saturated carbocycles. The Balaban J connectivity index is 0.000000606. The lowest BCUT2D eigenvalue weighted by atomic mass is 10.3. The van der Waals surface area contributed by atoms with Crippen molar-refractivity contribution in [2.24, 2.45) is 17.2 Å². The Morgan fingerprint density at radius 2 is 1.81 bits per heavy atom. The summed E-state index contributed by atoms with van der Waals surface area (Å²) in [6.07, 6.45) is 1.53. The molecule has 0 aliphatic carbocycles. The number of imidazole rings is 1. The first-order valence-electron chi connectivity index (χ1n) is 5.17. The van der Waals surface area contributed by atoms with Crippen LogP contribution in [0.25, 0.3) is 5.65 Å². The van der Waals surface area contributed by atoms with Crippen LogP contribution in [0.4, 0.5) is 0 Å². The second-order valence-corrected chi connectivity index (χ2v) is 3.32. The highest BCUT2D eigenvalue weighted by Gasteiger charge is 2.20. The van der Waals surface area contributed by atoms with Gasteiger partial charge in [0.2, 0.25) is 0 Å². The predicted molar refractivity (Wildman–Crippen MR) is 63.3 cm³/mol. The highest BCUT2D eigenvalue weighted by Crippen LogP contribution is 2.09. The van der Waals surface area contributed by atoms with Crippen molar-refractivity contribution < 1.29 is 0 Å². The number of nitrogens with two attached hydrogens (primary N) is 3. The van der Waals surface area contributed by atoms with E-state index < -0.39 is 5.79 Å². The second-order valence-electron chi connectivity index (χ2n) is 3.32. The molecule has 0 bridgehead atoms. The molecule has 0 amide bonds. The van der Waals surface area contributed by atoms with E-state index >= 15 is 0 Å². The lowest BCUT2D eigenvalue weighted by Crippen LogP contribution is -2.55. The van der Waals surface area contributed by atoms with Crippen molar-refractivity contribution in [3.63, 3.8) is 0 Å². The standard InChI is InChI=1S/C8H12N6.C2H6/c1-5-2-3-7-12-4-6(8(9,10)11)14(7)13-5;1-2/h2-4H,9-11H2,1H3;1-2H3. The van der Waals surface area contributed by atoms with Crippen LogP contribution in [-0.4, -0.2) is 14.6 Å². The molecule has 0 aliphatic heterocycles. The Kier molecular flexibility index (Phi) is 3.58. The van der Waals surface area contributed by atoms with Crippen molar-refractivity contribution in [1.29, 1.82) is 0 Å². The average molecular weight is 222 g/mol. The molecule has 0 aliphatic rings. The number of aryl methyl sites for hydroxylation is 1. The molecule has 0 fully saturated rings. The van der Waals surface area contributed by atoms with Gasteiger partial charge in [0.15, 0.2) is 11.4 Å². The zero-order chi connectivity index (χ0) is 12.3. The summed E-state index contributed by atoms with van der Waals surface area (Å²) in [5, 5.41) is 4.22. The van der Waals surface area contributed by atoms with Gasteiger partial charge >= 0.3 is 0 Å². The molecule has 0 aromatic carbocycles. The van der Waals surface area contributed by atoms with Crippen molar-refractivity contribution in [3.05, 3.63) is 29.7 Å². The van der Waals surface area contributed by atoms with E-state index in [9.17, 15) is 0 Å². The van der Waals surface area contributed by atoms with Crippen molar-refractivity contribution in [2.45, 2.75) is 26.6 Å². The van der Waals surface area contributed by atoms with Gasteiger partial charge in [0.1, 0.15) is 5.69 Å². The molecule has 6 heteroatoms. The molecule has 0 saturated heterocycles. The highest BCUT2D eigenvalue weighted by molar-refractivity contribution is 5.39. The zero-order valence-corrected chi connectivity index (χ0v) is 9.81. The van der Waals surface area contributed by atoms with Crippen LogP contribution in [0.15, 0.2) is 18.3 Å². The minimum Gasteiger partial charge on any atom is -0.296 e. The van der Waals surface area contributed by atoms with Crippen LogP contribution in [0.3, 0.4) is 0 Å². The number of fused-ring (bicyclic) bond motifs is 1. The van der Waals surface area contributed by atoms with Gasteiger partial charge in [-0.25, -0.2) is 9.50 Å². The average Bonchev–Trinajstić information content (AvgIpc) is 2.63. The molecule has 0 spiro atoms. The fourth-order valence-corrected chi connectivity index (χ4v) is 1.26. The first-order chi connectivity index (χ1) is 7.48.